The number of hydrogen-bond donors (Lipinski definition) is 2. The number of ether oxygens (including phenoxy) is 1. The predicted octanol–water partition coefficient (Wildman–Crippen LogP) is 1.64. The van der Waals surface area contributed by atoms with E-state index in [1.807, 2.05) is 18.2 Å². The van der Waals surface area contributed by atoms with E-state index in [0.717, 1.165) is 45.3 Å². The summed E-state index contributed by atoms with van der Waals surface area (Å²) in [5.74, 6) is 0.146. The first-order valence-corrected chi connectivity index (χ1v) is 7.99. The van der Waals surface area contributed by atoms with Crippen LogP contribution in [0.3, 0.4) is 0 Å². The van der Waals surface area contributed by atoms with Gasteiger partial charge in [-0.05, 0) is 37.7 Å². The van der Waals surface area contributed by atoms with Crippen molar-refractivity contribution >= 4 is 5.91 Å². The summed E-state index contributed by atoms with van der Waals surface area (Å²) in [6.07, 6.45) is 4.98. The second kappa shape index (κ2) is 7.05. The smallest absolute Gasteiger partial charge is 0.237 e. The second-order valence-electron chi connectivity index (χ2n) is 6.08. The van der Waals surface area contributed by atoms with E-state index in [9.17, 15) is 4.79 Å². The molecule has 3 rings (SSSR count). The maximum atomic E-state index is 12.5. The molecule has 0 spiro atoms. The topological polar surface area (TPSA) is 50.4 Å². The lowest BCUT2D eigenvalue weighted by molar-refractivity contribution is -0.123. The van der Waals surface area contributed by atoms with Gasteiger partial charge in [0.15, 0.2) is 0 Å². The summed E-state index contributed by atoms with van der Waals surface area (Å²) >= 11 is 0. The van der Waals surface area contributed by atoms with Crippen molar-refractivity contribution in [3.63, 3.8) is 0 Å². The number of carbonyl (C=O) groups is 1. The van der Waals surface area contributed by atoms with E-state index in [4.69, 9.17) is 4.74 Å². The Labute approximate surface area is 126 Å². The van der Waals surface area contributed by atoms with E-state index < -0.39 is 0 Å². The number of nitrogens with one attached hydrogen (secondary N) is 2. The highest BCUT2D eigenvalue weighted by Crippen LogP contribution is 2.19. The Kier molecular flexibility index (Phi) is 4.88. The minimum Gasteiger partial charge on any atom is -0.381 e. The molecule has 2 aliphatic rings. The minimum absolute atomic E-state index is 0.143. The fraction of sp³-hybridized carbons (Fsp3) is 0.588. The molecular formula is C17H24N2O2. The van der Waals surface area contributed by atoms with Crippen LogP contribution in [0.4, 0.5) is 0 Å². The average Bonchev–Trinajstić information content (AvgIpc) is 3.33. The first-order valence-electron chi connectivity index (χ1n) is 7.99. The Morgan fingerprint density at radius 2 is 1.81 bits per heavy atom. The minimum atomic E-state index is -0.143. The van der Waals surface area contributed by atoms with Crippen molar-refractivity contribution in [1.29, 1.82) is 0 Å². The highest BCUT2D eigenvalue weighted by atomic mass is 16.5. The van der Waals surface area contributed by atoms with Gasteiger partial charge in [-0.25, -0.2) is 0 Å². The lowest BCUT2D eigenvalue weighted by Gasteiger charge is -2.28. The van der Waals surface area contributed by atoms with Crippen molar-refractivity contribution < 1.29 is 9.53 Å². The third-order valence-corrected chi connectivity index (χ3v) is 4.18. The van der Waals surface area contributed by atoms with Gasteiger partial charge in [-0.3, -0.25) is 4.79 Å². The van der Waals surface area contributed by atoms with Crippen molar-refractivity contribution in [2.75, 3.05) is 13.2 Å². The molecule has 0 unspecified atom stereocenters. The maximum Gasteiger partial charge on any atom is 0.237 e. The average molecular weight is 288 g/mol. The Morgan fingerprint density at radius 1 is 1.10 bits per heavy atom. The van der Waals surface area contributed by atoms with Crippen LogP contribution in [-0.2, 0) is 16.0 Å². The van der Waals surface area contributed by atoms with Crippen LogP contribution in [0.15, 0.2) is 30.3 Å². The lowest BCUT2D eigenvalue weighted by Crippen LogP contribution is -2.51. The summed E-state index contributed by atoms with van der Waals surface area (Å²) < 4.78 is 5.39. The summed E-state index contributed by atoms with van der Waals surface area (Å²) in [5, 5.41) is 6.68. The van der Waals surface area contributed by atoms with Crippen molar-refractivity contribution in [3.05, 3.63) is 35.9 Å². The van der Waals surface area contributed by atoms with Crippen molar-refractivity contribution in [3.8, 4) is 0 Å². The Hall–Kier alpha value is -1.39. The molecule has 1 atom stereocenters. The number of rotatable bonds is 6. The number of benzene rings is 1. The number of hydrogen-bond acceptors (Lipinski definition) is 3. The van der Waals surface area contributed by atoms with Crippen molar-refractivity contribution in [1.82, 2.24) is 10.6 Å². The monoisotopic (exact) mass is 288 g/mol. The second-order valence-corrected chi connectivity index (χ2v) is 6.08. The van der Waals surface area contributed by atoms with Crippen molar-refractivity contribution in [2.45, 2.75) is 50.2 Å². The molecule has 1 aliphatic carbocycles. The molecule has 2 fully saturated rings. The summed E-state index contributed by atoms with van der Waals surface area (Å²) in [4.78, 5) is 12.5. The zero-order chi connectivity index (χ0) is 14.5. The van der Waals surface area contributed by atoms with Gasteiger partial charge in [0.25, 0.3) is 0 Å². The zero-order valence-corrected chi connectivity index (χ0v) is 12.4. The molecule has 1 aromatic rings. The summed E-state index contributed by atoms with van der Waals surface area (Å²) in [7, 11) is 0. The van der Waals surface area contributed by atoms with Gasteiger partial charge in [0.05, 0.1) is 6.04 Å². The van der Waals surface area contributed by atoms with Gasteiger partial charge in [0, 0.05) is 25.3 Å². The van der Waals surface area contributed by atoms with Crippen LogP contribution in [-0.4, -0.2) is 37.2 Å². The quantitative estimate of drug-likeness (QED) is 0.837. The zero-order valence-electron chi connectivity index (χ0n) is 12.4. The summed E-state index contributed by atoms with van der Waals surface area (Å²) in [6, 6.07) is 10.9. The van der Waals surface area contributed by atoms with Gasteiger partial charge in [0.2, 0.25) is 5.91 Å². The van der Waals surface area contributed by atoms with Crippen LogP contribution in [0.25, 0.3) is 0 Å². The maximum absolute atomic E-state index is 12.5. The molecule has 21 heavy (non-hydrogen) atoms. The van der Waals surface area contributed by atoms with E-state index in [1.54, 1.807) is 0 Å². The molecule has 1 amide bonds. The Bertz CT molecular complexity index is 453. The van der Waals surface area contributed by atoms with Crippen LogP contribution < -0.4 is 10.6 Å². The molecule has 0 bridgehead atoms. The highest BCUT2D eigenvalue weighted by molar-refractivity contribution is 5.82. The van der Waals surface area contributed by atoms with Gasteiger partial charge < -0.3 is 15.4 Å². The number of carbonyl (C=O) groups excluding carboxylic acids is 1. The molecule has 0 aromatic heterocycles. The fourth-order valence-electron chi connectivity index (χ4n) is 2.76. The first kappa shape index (κ1) is 14.5. The summed E-state index contributed by atoms with van der Waals surface area (Å²) in [6.45, 7) is 1.58. The van der Waals surface area contributed by atoms with E-state index in [1.165, 1.54) is 5.56 Å². The Morgan fingerprint density at radius 3 is 2.48 bits per heavy atom. The summed E-state index contributed by atoms with van der Waals surface area (Å²) in [5.41, 5.74) is 1.20. The van der Waals surface area contributed by atoms with Crippen molar-refractivity contribution in [2.24, 2.45) is 0 Å². The van der Waals surface area contributed by atoms with E-state index in [0.29, 0.717) is 12.1 Å². The van der Waals surface area contributed by atoms with Gasteiger partial charge in [-0.1, -0.05) is 30.3 Å². The molecule has 1 saturated heterocycles. The lowest BCUT2D eigenvalue weighted by atomic mass is 10.0. The largest absolute Gasteiger partial charge is 0.381 e. The van der Waals surface area contributed by atoms with Crippen LogP contribution in [0.2, 0.25) is 0 Å². The molecular weight excluding hydrogens is 264 g/mol. The van der Waals surface area contributed by atoms with E-state index in [2.05, 4.69) is 22.8 Å². The number of amides is 1. The van der Waals surface area contributed by atoms with Gasteiger partial charge in [-0.15, -0.1) is 0 Å². The SMILES string of the molecule is O=C(NC1CC1)[C@H](Cc1ccccc1)NC1CCOCC1. The molecule has 4 nitrogen and oxygen atoms in total. The van der Waals surface area contributed by atoms with Gasteiger partial charge in [-0.2, -0.15) is 0 Å². The van der Waals surface area contributed by atoms with Crippen LogP contribution in [0.1, 0.15) is 31.2 Å². The van der Waals surface area contributed by atoms with E-state index in [-0.39, 0.29) is 11.9 Å². The van der Waals surface area contributed by atoms with Gasteiger partial charge >= 0.3 is 0 Å². The van der Waals surface area contributed by atoms with Crippen LogP contribution >= 0.6 is 0 Å². The van der Waals surface area contributed by atoms with Crippen LogP contribution in [0, 0.1) is 0 Å². The molecule has 0 radical (unpaired) electrons. The molecule has 1 aromatic carbocycles. The molecule has 114 valence electrons. The molecule has 1 heterocycles. The third-order valence-electron chi connectivity index (χ3n) is 4.18. The molecule has 1 saturated carbocycles. The van der Waals surface area contributed by atoms with Gasteiger partial charge in [0.1, 0.15) is 0 Å². The molecule has 1 aliphatic heterocycles. The fourth-order valence-corrected chi connectivity index (χ4v) is 2.76. The van der Waals surface area contributed by atoms with E-state index >= 15 is 0 Å². The standard InChI is InChI=1S/C17H24N2O2/c20-17(19-14-6-7-14)16(12-13-4-2-1-3-5-13)18-15-8-10-21-11-9-15/h1-5,14-16,18H,6-12H2,(H,19,20)/t16-/m0/s1. The molecule has 2 N–H and O–H groups in total. The highest BCUT2D eigenvalue weighted by Gasteiger charge is 2.29. The normalized spacial score (nSPS) is 21.0. The third kappa shape index (κ3) is 4.55. The molecule has 4 heteroatoms. The van der Waals surface area contributed by atoms with Crippen LogP contribution in [0.5, 0.6) is 0 Å². The Balaban J connectivity index is 1.62. The first-order chi connectivity index (χ1) is 10.3. The predicted molar refractivity (Wildman–Crippen MR) is 82.1 cm³/mol.